The molecule has 14 heavy (non-hydrogen) atoms. The number of pyridine rings is 2. The Morgan fingerprint density at radius 3 is 2.79 bits per heavy atom. The van der Waals surface area contributed by atoms with Crippen LogP contribution in [0.1, 0.15) is 0 Å². The lowest BCUT2D eigenvalue weighted by atomic mass is 10.3. The molecule has 0 saturated heterocycles. The molecule has 2 aromatic rings. The molecule has 4 nitrogen and oxygen atoms in total. The van der Waals surface area contributed by atoms with E-state index in [0.717, 1.165) is 10.1 Å². The normalized spacial score (nSPS) is 10.4. The molecule has 0 aliphatic carbocycles. The molecular formula is C10H11N3O. The van der Waals surface area contributed by atoms with Gasteiger partial charge in [0.1, 0.15) is 6.20 Å². The highest BCUT2D eigenvalue weighted by Gasteiger charge is 2.08. The summed E-state index contributed by atoms with van der Waals surface area (Å²) in [6.07, 6.45) is 1.62. The smallest absolute Gasteiger partial charge is 0.270 e. The van der Waals surface area contributed by atoms with E-state index >= 15 is 0 Å². The summed E-state index contributed by atoms with van der Waals surface area (Å²) in [7, 11) is 3.66. The monoisotopic (exact) mass is 189 g/mol. The topological polar surface area (TPSA) is 43.1 Å². The van der Waals surface area contributed by atoms with Crippen molar-refractivity contribution in [3.63, 3.8) is 0 Å². The second kappa shape index (κ2) is 3.14. The number of fused-ring (bicyclic) bond motifs is 1. The van der Waals surface area contributed by atoms with Crippen molar-refractivity contribution in [2.45, 2.75) is 0 Å². The highest BCUT2D eigenvalue weighted by Crippen LogP contribution is 2.11. The van der Waals surface area contributed by atoms with Crippen LogP contribution in [0.2, 0.25) is 0 Å². The van der Waals surface area contributed by atoms with Crippen LogP contribution in [0, 0.1) is 5.21 Å². The molecule has 0 saturated carbocycles. The molecule has 0 N–H and O–H groups in total. The van der Waals surface area contributed by atoms with Gasteiger partial charge >= 0.3 is 0 Å². The molecule has 2 rings (SSSR count). The van der Waals surface area contributed by atoms with Crippen LogP contribution < -0.4 is 9.63 Å². The van der Waals surface area contributed by atoms with Crippen LogP contribution in [-0.4, -0.2) is 19.1 Å². The predicted octanol–water partition coefficient (Wildman–Crippen LogP) is 0.934. The van der Waals surface area contributed by atoms with Crippen LogP contribution in [0.4, 0.5) is 5.82 Å². The standard InChI is InChI=1S/C10H11N3O/c1-12(2)9-6-5-8-4-3-7-11-10(8)13(9)14/h3-7H,1-2H3. The van der Waals surface area contributed by atoms with Gasteiger partial charge in [-0.1, -0.05) is 0 Å². The first-order chi connectivity index (χ1) is 6.70. The predicted molar refractivity (Wildman–Crippen MR) is 55.0 cm³/mol. The first-order valence-electron chi connectivity index (χ1n) is 4.35. The van der Waals surface area contributed by atoms with E-state index in [-0.39, 0.29) is 0 Å². The lowest BCUT2D eigenvalue weighted by Crippen LogP contribution is -2.35. The molecule has 0 fully saturated rings. The van der Waals surface area contributed by atoms with Crippen molar-refractivity contribution < 1.29 is 4.73 Å². The van der Waals surface area contributed by atoms with E-state index in [1.54, 1.807) is 17.2 Å². The second-order valence-corrected chi connectivity index (χ2v) is 3.30. The first kappa shape index (κ1) is 8.74. The molecular weight excluding hydrogens is 178 g/mol. The third-order valence-electron chi connectivity index (χ3n) is 2.09. The maximum atomic E-state index is 11.8. The Morgan fingerprint density at radius 1 is 1.29 bits per heavy atom. The van der Waals surface area contributed by atoms with Crippen molar-refractivity contribution in [1.82, 2.24) is 4.98 Å². The van der Waals surface area contributed by atoms with Gasteiger partial charge in [-0.2, -0.15) is 0 Å². The van der Waals surface area contributed by atoms with E-state index in [2.05, 4.69) is 4.98 Å². The van der Waals surface area contributed by atoms with Gasteiger partial charge in [0.05, 0.1) is 19.5 Å². The fourth-order valence-electron chi connectivity index (χ4n) is 1.38. The van der Waals surface area contributed by atoms with Crippen LogP contribution in [0.25, 0.3) is 11.0 Å². The number of aromatic nitrogens is 2. The second-order valence-electron chi connectivity index (χ2n) is 3.30. The van der Waals surface area contributed by atoms with Crippen molar-refractivity contribution in [2.24, 2.45) is 0 Å². The Hall–Kier alpha value is -1.84. The van der Waals surface area contributed by atoms with Crippen LogP contribution in [0.5, 0.6) is 0 Å². The van der Waals surface area contributed by atoms with E-state index in [0.29, 0.717) is 11.5 Å². The van der Waals surface area contributed by atoms with Crippen LogP contribution in [0.3, 0.4) is 0 Å². The van der Waals surface area contributed by atoms with Gasteiger partial charge < -0.3 is 5.21 Å². The summed E-state index contributed by atoms with van der Waals surface area (Å²) < 4.78 is 0.843. The lowest BCUT2D eigenvalue weighted by Gasteiger charge is -2.16. The summed E-state index contributed by atoms with van der Waals surface area (Å²) in [4.78, 5) is 5.81. The summed E-state index contributed by atoms with van der Waals surface area (Å²) in [5, 5.41) is 12.6. The summed E-state index contributed by atoms with van der Waals surface area (Å²) in [6, 6.07) is 7.37. The number of rotatable bonds is 1. The molecule has 0 amide bonds. The molecule has 0 aromatic carbocycles. The van der Waals surface area contributed by atoms with Crippen LogP contribution >= 0.6 is 0 Å². The van der Waals surface area contributed by atoms with Crippen molar-refractivity contribution in [1.29, 1.82) is 0 Å². The fraction of sp³-hybridized carbons (Fsp3) is 0.200. The summed E-state index contributed by atoms with van der Waals surface area (Å²) >= 11 is 0. The Labute approximate surface area is 82.0 Å². The van der Waals surface area contributed by atoms with Gasteiger partial charge in [-0.3, -0.25) is 4.90 Å². The summed E-state index contributed by atoms with van der Waals surface area (Å²) in [6.45, 7) is 0. The van der Waals surface area contributed by atoms with Crippen LogP contribution in [0.15, 0.2) is 30.5 Å². The fourth-order valence-corrected chi connectivity index (χ4v) is 1.38. The highest BCUT2D eigenvalue weighted by atomic mass is 16.5. The minimum Gasteiger partial charge on any atom is -0.740 e. The largest absolute Gasteiger partial charge is 0.740 e. The zero-order valence-electron chi connectivity index (χ0n) is 8.14. The molecule has 72 valence electrons. The Balaban J connectivity index is 2.75. The quantitative estimate of drug-likeness (QED) is 0.495. The minimum absolute atomic E-state index is 0.457. The average molecular weight is 189 g/mol. The van der Waals surface area contributed by atoms with Gasteiger partial charge in [0, 0.05) is 6.07 Å². The van der Waals surface area contributed by atoms with Gasteiger partial charge in [0.2, 0.25) is 5.82 Å². The summed E-state index contributed by atoms with van der Waals surface area (Å²) in [5.41, 5.74) is 0.457. The Bertz CT molecular complexity index is 468. The van der Waals surface area contributed by atoms with Crippen molar-refractivity contribution in [3.8, 4) is 0 Å². The number of anilines is 1. The Morgan fingerprint density at radius 2 is 2.07 bits per heavy atom. The first-order valence-corrected chi connectivity index (χ1v) is 4.35. The molecule has 2 aromatic heterocycles. The molecule has 0 spiro atoms. The number of hydrogen-bond donors (Lipinski definition) is 0. The summed E-state index contributed by atoms with van der Waals surface area (Å²) in [5.74, 6) is 0.594. The van der Waals surface area contributed by atoms with E-state index in [1.165, 1.54) is 0 Å². The number of hydrogen-bond acceptors (Lipinski definition) is 3. The molecule has 0 aliphatic heterocycles. The van der Waals surface area contributed by atoms with Gasteiger partial charge in [0.25, 0.3) is 5.65 Å². The maximum absolute atomic E-state index is 11.8. The van der Waals surface area contributed by atoms with Gasteiger partial charge in [0.15, 0.2) is 0 Å². The van der Waals surface area contributed by atoms with E-state index in [1.807, 2.05) is 32.3 Å². The van der Waals surface area contributed by atoms with E-state index in [4.69, 9.17) is 0 Å². The Kier molecular flexibility index (Phi) is 1.96. The van der Waals surface area contributed by atoms with E-state index < -0.39 is 0 Å². The van der Waals surface area contributed by atoms with Crippen LogP contribution in [-0.2, 0) is 0 Å². The average Bonchev–Trinajstić information content (AvgIpc) is 2.18. The molecule has 0 unspecified atom stereocenters. The van der Waals surface area contributed by atoms with Crippen molar-refractivity contribution >= 4 is 16.9 Å². The van der Waals surface area contributed by atoms with Crippen molar-refractivity contribution in [3.05, 3.63) is 35.7 Å². The molecule has 0 aliphatic rings. The SMILES string of the molecule is CN(C)c1ccc2cccnc2[n+]1[O-]. The van der Waals surface area contributed by atoms with Crippen molar-refractivity contribution in [2.75, 3.05) is 19.0 Å². The third-order valence-corrected chi connectivity index (χ3v) is 2.09. The molecule has 0 radical (unpaired) electrons. The zero-order chi connectivity index (χ0) is 10.1. The maximum Gasteiger partial charge on any atom is 0.270 e. The van der Waals surface area contributed by atoms with Gasteiger partial charge in [-0.05, 0) is 18.2 Å². The molecule has 4 heteroatoms. The lowest BCUT2D eigenvalue weighted by molar-refractivity contribution is -0.565. The van der Waals surface area contributed by atoms with Gasteiger partial charge in [-0.25, -0.2) is 4.73 Å². The molecule has 0 atom stereocenters. The van der Waals surface area contributed by atoms with Gasteiger partial charge in [-0.15, -0.1) is 4.98 Å². The highest BCUT2D eigenvalue weighted by molar-refractivity contribution is 5.72. The minimum atomic E-state index is 0.457. The zero-order valence-corrected chi connectivity index (χ0v) is 8.14. The third kappa shape index (κ3) is 1.25. The molecule has 2 heterocycles. The van der Waals surface area contributed by atoms with E-state index in [9.17, 15) is 5.21 Å². The number of nitrogens with zero attached hydrogens (tertiary/aromatic N) is 3. The molecule has 0 bridgehead atoms.